The summed E-state index contributed by atoms with van der Waals surface area (Å²) in [4.78, 5) is 11.9. The van der Waals surface area contributed by atoms with Crippen LogP contribution in [0.3, 0.4) is 0 Å². The summed E-state index contributed by atoms with van der Waals surface area (Å²) >= 11 is 0. The molecule has 0 aliphatic carbocycles. The van der Waals surface area contributed by atoms with E-state index >= 15 is 0 Å². The molecule has 0 saturated carbocycles. The van der Waals surface area contributed by atoms with Gasteiger partial charge in [-0.25, -0.2) is 13.6 Å². The van der Waals surface area contributed by atoms with Crippen molar-refractivity contribution < 1.29 is 18.7 Å². The minimum atomic E-state index is -0.504. The van der Waals surface area contributed by atoms with Gasteiger partial charge in [0.15, 0.2) is 0 Å². The van der Waals surface area contributed by atoms with Crippen LogP contribution < -0.4 is 10.6 Å². The molecule has 4 nitrogen and oxygen atoms in total. The fourth-order valence-electron chi connectivity index (χ4n) is 2.59. The van der Waals surface area contributed by atoms with E-state index in [1.807, 2.05) is 30.3 Å². The third-order valence-electron chi connectivity index (χ3n) is 3.95. The van der Waals surface area contributed by atoms with Crippen molar-refractivity contribution in [2.75, 3.05) is 19.7 Å². The smallest absolute Gasteiger partial charge is 0.314 e. The SMILES string of the molecule is O=C(NCCc1cc(F)ccc1F)NCC(CCO)c1ccccc1. The Labute approximate surface area is 145 Å². The standard InChI is InChI=1S/C19H22F2N2O2/c20-17-6-7-18(21)15(12-17)8-10-22-19(25)23-13-16(9-11-24)14-4-2-1-3-5-14/h1-7,12,16,24H,8-11,13H2,(H2,22,23,25). The van der Waals surface area contributed by atoms with E-state index < -0.39 is 11.6 Å². The molecule has 0 bridgehead atoms. The lowest BCUT2D eigenvalue weighted by molar-refractivity contribution is 0.237. The van der Waals surface area contributed by atoms with Crippen LogP contribution in [0, 0.1) is 11.6 Å². The number of urea groups is 1. The number of aliphatic hydroxyl groups is 1. The lowest BCUT2D eigenvalue weighted by Gasteiger charge is -2.17. The summed E-state index contributed by atoms with van der Waals surface area (Å²) in [5, 5.41) is 14.6. The number of hydrogen-bond acceptors (Lipinski definition) is 2. The van der Waals surface area contributed by atoms with Gasteiger partial charge in [-0.15, -0.1) is 0 Å². The van der Waals surface area contributed by atoms with Gasteiger partial charge in [0, 0.05) is 25.6 Å². The molecule has 0 saturated heterocycles. The van der Waals surface area contributed by atoms with Gasteiger partial charge in [-0.2, -0.15) is 0 Å². The van der Waals surface area contributed by atoms with E-state index in [1.165, 1.54) is 0 Å². The molecule has 3 N–H and O–H groups in total. The third-order valence-corrected chi connectivity index (χ3v) is 3.95. The van der Waals surface area contributed by atoms with Crippen LogP contribution in [0.4, 0.5) is 13.6 Å². The maximum atomic E-state index is 13.5. The summed E-state index contributed by atoms with van der Waals surface area (Å²) in [6, 6.07) is 12.5. The number of rotatable bonds is 8. The van der Waals surface area contributed by atoms with Crippen LogP contribution in [0.2, 0.25) is 0 Å². The second kappa shape index (κ2) is 9.74. The third kappa shape index (κ3) is 6.15. The summed E-state index contributed by atoms with van der Waals surface area (Å²) in [7, 11) is 0. The van der Waals surface area contributed by atoms with E-state index in [1.54, 1.807) is 0 Å². The van der Waals surface area contributed by atoms with E-state index in [4.69, 9.17) is 0 Å². The Morgan fingerprint density at radius 2 is 1.84 bits per heavy atom. The van der Waals surface area contributed by atoms with Crippen molar-refractivity contribution in [1.29, 1.82) is 0 Å². The maximum absolute atomic E-state index is 13.5. The van der Waals surface area contributed by atoms with Gasteiger partial charge in [0.05, 0.1) is 0 Å². The quantitative estimate of drug-likeness (QED) is 0.687. The Balaban J connectivity index is 1.78. The maximum Gasteiger partial charge on any atom is 0.314 e. The van der Waals surface area contributed by atoms with E-state index in [9.17, 15) is 18.7 Å². The topological polar surface area (TPSA) is 61.4 Å². The first-order valence-corrected chi connectivity index (χ1v) is 8.21. The van der Waals surface area contributed by atoms with Gasteiger partial charge in [0.1, 0.15) is 11.6 Å². The molecule has 25 heavy (non-hydrogen) atoms. The van der Waals surface area contributed by atoms with Crippen LogP contribution in [-0.4, -0.2) is 30.8 Å². The predicted molar refractivity (Wildman–Crippen MR) is 92.3 cm³/mol. The molecule has 1 unspecified atom stereocenters. The van der Waals surface area contributed by atoms with E-state index in [0.717, 1.165) is 23.8 Å². The molecule has 2 aromatic carbocycles. The van der Waals surface area contributed by atoms with Crippen molar-refractivity contribution in [3.8, 4) is 0 Å². The largest absolute Gasteiger partial charge is 0.396 e. The number of hydrogen-bond donors (Lipinski definition) is 3. The van der Waals surface area contributed by atoms with Gasteiger partial charge in [-0.3, -0.25) is 0 Å². The zero-order valence-corrected chi connectivity index (χ0v) is 13.8. The monoisotopic (exact) mass is 348 g/mol. The molecule has 0 heterocycles. The van der Waals surface area contributed by atoms with Gasteiger partial charge < -0.3 is 15.7 Å². The highest BCUT2D eigenvalue weighted by Gasteiger charge is 2.12. The average molecular weight is 348 g/mol. The molecular weight excluding hydrogens is 326 g/mol. The van der Waals surface area contributed by atoms with Crippen molar-refractivity contribution >= 4 is 6.03 Å². The molecule has 0 fully saturated rings. The molecule has 0 radical (unpaired) electrons. The second-order valence-corrected chi connectivity index (χ2v) is 5.74. The highest BCUT2D eigenvalue weighted by Crippen LogP contribution is 2.18. The van der Waals surface area contributed by atoms with Crippen molar-refractivity contribution in [1.82, 2.24) is 10.6 Å². The zero-order chi connectivity index (χ0) is 18.1. The number of amides is 2. The van der Waals surface area contributed by atoms with E-state index in [2.05, 4.69) is 10.6 Å². The second-order valence-electron chi connectivity index (χ2n) is 5.74. The summed E-state index contributed by atoms with van der Waals surface area (Å²) in [5.41, 5.74) is 1.27. The Kier molecular flexibility index (Phi) is 7.35. The molecular formula is C19H22F2N2O2. The Morgan fingerprint density at radius 3 is 2.56 bits per heavy atom. The molecule has 2 amide bonds. The number of benzene rings is 2. The van der Waals surface area contributed by atoms with Gasteiger partial charge in [-0.1, -0.05) is 30.3 Å². The number of aliphatic hydroxyl groups excluding tert-OH is 1. The van der Waals surface area contributed by atoms with Crippen LogP contribution in [0.5, 0.6) is 0 Å². The van der Waals surface area contributed by atoms with Crippen molar-refractivity contribution in [2.45, 2.75) is 18.8 Å². The normalized spacial score (nSPS) is 11.8. The van der Waals surface area contributed by atoms with Crippen LogP contribution in [0.1, 0.15) is 23.5 Å². The molecule has 1 atom stereocenters. The van der Waals surface area contributed by atoms with E-state index in [-0.39, 0.29) is 37.1 Å². The van der Waals surface area contributed by atoms with Crippen molar-refractivity contribution in [3.63, 3.8) is 0 Å². The molecule has 2 rings (SSSR count). The van der Waals surface area contributed by atoms with Crippen molar-refractivity contribution in [2.24, 2.45) is 0 Å². The number of nitrogens with one attached hydrogen (secondary N) is 2. The minimum absolute atomic E-state index is 0.0117. The molecule has 0 aliphatic rings. The van der Waals surface area contributed by atoms with E-state index in [0.29, 0.717) is 13.0 Å². The van der Waals surface area contributed by atoms with Crippen LogP contribution >= 0.6 is 0 Å². The first-order valence-electron chi connectivity index (χ1n) is 8.21. The van der Waals surface area contributed by atoms with Crippen LogP contribution in [-0.2, 0) is 6.42 Å². The van der Waals surface area contributed by atoms with Gasteiger partial charge in [0.2, 0.25) is 0 Å². The van der Waals surface area contributed by atoms with Crippen LogP contribution in [0.15, 0.2) is 48.5 Å². The number of halogens is 2. The molecule has 6 heteroatoms. The first-order chi connectivity index (χ1) is 12.1. The summed E-state index contributed by atoms with van der Waals surface area (Å²) in [5.74, 6) is -0.983. The fraction of sp³-hybridized carbons (Fsp3) is 0.316. The summed E-state index contributed by atoms with van der Waals surface area (Å²) in [6.45, 7) is 0.606. The highest BCUT2D eigenvalue weighted by molar-refractivity contribution is 5.73. The van der Waals surface area contributed by atoms with Gasteiger partial charge in [-0.05, 0) is 42.2 Å². The molecule has 2 aromatic rings. The number of carbonyl (C=O) groups excluding carboxylic acids is 1. The fourth-order valence-corrected chi connectivity index (χ4v) is 2.59. The first kappa shape index (κ1) is 18.9. The molecule has 0 spiro atoms. The minimum Gasteiger partial charge on any atom is -0.396 e. The molecule has 0 aromatic heterocycles. The molecule has 0 aliphatic heterocycles. The highest BCUT2D eigenvalue weighted by atomic mass is 19.1. The Morgan fingerprint density at radius 1 is 1.08 bits per heavy atom. The summed E-state index contributed by atoms with van der Waals surface area (Å²) < 4.78 is 26.6. The summed E-state index contributed by atoms with van der Waals surface area (Å²) in [6.07, 6.45) is 0.745. The lowest BCUT2D eigenvalue weighted by atomic mass is 9.96. The lowest BCUT2D eigenvalue weighted by Crippen LogP contribution is -2.38. The average Bonchev–Trinajstić information content (AvgIpc) is 2.62. The van der Waals surface area contributed by atoms with Gasteiger partial charge >= 0.3 is 6.03 Å². The zero-order valence-electron chi connectivity index (χ0n) is 13.8. The Bertz CT molecular complexity index is 680. The molecule has 134 valence electrons. The predicted octanol–water partition coefficient (Wildman–Crippen LogP) is 2.97. The number of carbonyl (C=O) groups is 1. The van der Waals surface area contributed by atoms with Crippen LogP contribution in [0.25, 0.3) is 0 Å². The van der Waals surface area contributed by atoms with Gasteiger partial charge in [0.25, 0.3) is 0 Å². The van der Waals surface area contributed by atoms with Crippen molar-refractivity contribution in [3.05, 3.63) is 71.3 Å². The Hall–Kier alpha value is -2.47.